The summed E-state index contributed by atoms with van der Waals surface area (Å²) in [5, 5.41) is 4.07. The van der Waals surface area contributed by atoms with Gasteiger partial charge in [-0.05, 0) is 38.5 Å². The Bertz CT molecular complexity index is 1050. The Morgan fingerprint density at radius 3 is 2.57 bits per heavy atom. The number of nitrogens with one attached hydrogen (secondary N) is 2. The van der Waals surface area contributed by atoms with Gasteiger partial charge in [0.05, 0.1) is 6.04 Å². The Hall–Kier alpha value is -3.08. The van der Waals surface area contributed by atoms with Gasteiger partial charge in [0.25, 0.3) is 5.91 Å². The maximum Gasteiger partial charge on any atom is 0.255 e. The van der Waals surface area contributed by atoms with E-state index in [9.17, 15) is 9.59 Å². The number of rotatable bonds is 4. The van der Waals surface area contributed by atoms with Crippen LogP contribution < -0.4 is 5.32 Å². The zero-order valence-corrected chi connectivity index (χ0v) is 16.5. The molecule has 0 spiro atoms. The molecule has 0 aliphatic carbocycles. The van der Waals surface area contributed by atoms with Gasteiger partial charge in [0, 0.05) is 46.7 Å². The predicted octanol–water partition coefficient (Wildman–Crippen LogP) is 4.02. The highest BCUT2D eigenvalue weighted by molar-refractivity contribution is 6.01. The summed E-state index contributed by atoms with van der Waals surface area (Å²) in [6, 6.07) is 15.6. The standard InChI is InChI=1S/C23H25N3O2/c1-23(2,3)25-20(27)12-13-26-21(16-9-4-5-10-17(16)22(26)28)18-14-24-19-11-7-6-8-15(18)19/h4-11,14,21,24H,12-13H2,1-3H3,(H,25,27)/t21-/m1/s1. The van der Waals surface area contributed by atoms with E-state index in [0.717, 1.165) is 22.0 Å². The summed E-state index contributed by atoms with van der Waals surface area (Å²) in [6.45, 7) is 6.24. The van der Waals surface area contributed by atoms with Crippen LogP contribution in [0.15, 0.2) is 54.7 Å². The number of hydrogen-bond donors (Lipinski definition) is 2. The number of carbonyl (C=O) groups is 2. The van der Waals surface area contributed by atoms with Gasteiger partial charge in [-0.25, -0.2) is 0 Å². The van der Waals surface area contributed by atoms with Crippen molar-refractivity contribution in [3.8, 4) is 0 Å². The molecule has 144 valence electrons. The van der Waals surface area contributed by atoms with E-state index in [1.54, 1.807) is 0 Å². The van der Waals surface area contributed by atoms with Crippen LogP contribution in [0.1, 0.15) is 54.7 Å². The van der Waals surface area contributed by atoms with Crippen molar-refractivity contribution in [1.82, 2.24) is 15.2 Å². The molecule has 4 rings (SSSR count). The van der Waals surface area contributed by atoms with Gasteiger partial charge in [-0.15, -0.1) is 0 Å². The smallest absolute Gasteiger partial charge is 0.255 e. The SMILES string of the molecule is CC(C)(C)NC(=O)CCN1C(=O)c2ccccc2[C@@H]1c1c[nH]c2ccccc12. The second kappa shape index (κ2) is 6.82. The number of fused-ring (bicyclic) bond motifs is 2. The maximum atomic E-state index is 13.1. The Balaban J connectivity index is 1.69. The molecule has 0 saturated carbocycles. The van der Waals surface area contributed by atoms with Gasteiger partial charge in [0.2, 0.25) is 5.91 Å². The Labute approximate surface area is 164 Å². The average molecular weight is 375 g/mol. The lowest BCUT2D eigenvalue weighted by atomic mass is 9.97. The molecule has 0 bridgehead atoms. The number of hydrogen-bond acceptors (Lipinski definition) is 2. The highest BCUT2D eigenvalue weighted by Crippen LogP contribution is 2.41. The molecule has 2 N–H and O–H groups in total. The van der Waals surface area contributed by atoms with Gasteiger partial charge in [-0.2, -0.15) is 0 Å². The number of nitrogens with zero attached hydrogens (tertiary/aromatic N) is 1. The average Bonchev–Trinajstić information content (AvgIpc) is 3.18. The molecule has 28 heavy (non-hydrogen) atoms. The lowest BCUT2D eigenvalue weighted by Gasteiger charge is -2.26. The third-order valence-electron chi connectivity index (χ3n) is 5.07. The summed E-state index contributed by atoms with van der Waals surface area (Å²) in [6.07, 6.45) is 2.25. The van der Waals surface area contributed by atoms with E-state index in [0.29, 0.717) is 12.1 Å². The van der Waals surface area contributed by atoms with Crippen molar-refractivity contribution in [2.45, 2.75) is 38.8 Å². The molecule has 5 heteroatoms. The summed E-state index contributed by atoms with van der Waals surface area (Å²) in [5.74, 6) is -0.0663. The first kappa shape index (κ1) is 18.3. The number of aromatic nitrogens is 1. The zero-order valence-electron chi connectivity index (χ0n) is 16.5. The molecule has 0 unspecified atom stereocenters. The Morgan fingerprint density at radius 2 is 1.79 bits per heavy atom. The molecule has 1 aliphatic rings. The maximum absolute atomic E-state index is 13.1. The fourth-order valence-electron chi connectivity index (χ4n) is 3.96. The molecule has 3 aromatic rings. The van der Waals surface area contributed by atoms with Crippen molar-refractivity contribution < 1.29 is 9.59 Å². The van der Waals surface area contributed by atoms with Crippen LogP contribution in [-0.4, -0.2) is 33.8 Å². The third-order valence-corrected chi connectivity index (χ3v) is 5.07. The first-order chi connectivity index (χ1) is 13.3. The minimum absolute atomic E-state index is 0.0190. The molecular weight excluding hydrogens is 350 g/mol. The normalized spacial score (nSPS) is 16.5. The minimum Gasteiger partial charge on any atom is -0.361 e. The second-order valence-electron chi connectivity index (χ2n) is 8.33. The number of amides is 2. The van der Waals surface area contributed by atoms with Crippen LogP contribution in [0.3, 0.4) is 0 Å². The highest BCUT2D eigenvalue weighted by Gasteiger charge is 2.38. The second-order valence-corrected chi connectivity index (χ2v) is 8.33. The van der Waals surface area contributed by atoms with E-state index in [1.165, 1.54) is 0 Å². The molecule has 1 atom stereocenters. The predicted molar refractivity (Wildman–Crippen MR) is 110 cm³/mol. The Morgan fingerprint density at radius 1 is 1.07 bits per heavy atom. The molecular formula is C23H25N3O2. The number of para-hydroxylation sites is 1. The largest absolute Gasteiger partial charge is 0.361 e. The molecule has 1 aliphatic heterocycles. The van der Waals surface area contributed by atoms with Crippen molar-refractivity contribution in [2.75, 3.05) is 6.54 Å². The van der Waals surface area contributed by atoms with E-state index < -0.39 is 0 Å². The van der Waals surface area contributed by atoms with Gasteiger partial charge in [-0.1, -0.05) is 36.4 Å². The number of carbonyl (C=O) groups excluding carboxylic acids is 2. The summed E-state index contributed by atoms with van der Waals surface area (Å²) in [7, 11) is 0. The summed E-state index contributed by atoms with van der Waals surface area (Å²) in [5.41, 5.74) is 3.53. The molecule has 2 amide bonds. The molecule has 1 aromatic heterocycles. The first-order valence-electron chi connectivity index (χ1n) is 9.62. The van der Waals surface area contributed by atoms with E-state index in [2.05, 4.69) is 16.4 Å². The summed E-state index contributed by atoms with van der Waals surface area (Å²) >= 11 is 0. The molecule has 0 radical (unpaired) electrons. The molecule has 2 aromatic carbocycles. The number of aromatic amines is 1. The molecule has 2 heterocycles. The van der Waals surface area contributed by atoms with Crippen LogP contribution in [0.4, 0.5) is 0 Å². The summed E-state index contributed by atoms with van der Waals surface area (Å²) < 4.78 is 0. The van der Waals surface area contributed by atoms with Crippen LogP contribution in [0.5, 0.6) is 0 Å². The number of benzene rings is 2. The van der Waals surface area contributed by atoms with Gasteiger partial charge >= 0.3 is 0 Å². The van der Waals surface area contributed by atoms with E-state index >= 15 is 0 Å². The van der Waals surface area contributed by atoms with Crippen molar-refractivity contribution in [1.29, 1.82) is 0 Å². The van der Waals surface area contributed by atoms with Crippen molar-refractivity contribution in [2.24, 2.45) is 0 Å². The molecule has 0 saturated heterocycles. The van der Waals surface area contributed by atoms with Gasteiger partial charge < -0.3 is 15.2 Å². The van der Waals surface area contributed by atoms with Crippen LogP contribution in [0.2, 0.25) is 0 Å². The lowest BCUT2D eigenvalue weighted by molar-refractivity contribution is -0.122. The lowest BCUT2D eigenvalue weighted by Crippen LogP contribution is -2.42. The van der Waals surface area contributed by atoms with Crippen LogP contribution >= 0.6 is 0 Å². The van der Waals surface area contributed by atoms with Gasteiger partial charge in [-0.3, -0.25) is 9.59 Å². The Kier molecular flexibility index (Phi) is 4.46. The van der Waals surface area contributed by atoms with Crippen LogP contribution in [0.25, 0.3) is 10.9 Å². The van der Waals surface area contributed by atoms with Crippen molar-refractivity contribution in [3.63, 3.8) is 0 Å². The highest BCUT2D eigenvalue weighted by atomic mass is 16.2. The minimum atomic E-state index is -0.286. The van der Waals surface area contributed by atoms with Crippen LogP contribution in [0, 0.1) is 0 Å². The zero-order chi connectivity index (χ0) is 19.9. The third kappa shape index (κ3) is 3.28. The fourth-order valence-corrected chi connectivity index (χ4v) is 3.96. The topological polar surface area (TPSA) is 65.2 Å². The van der Waals surface area contributed by atoms with Gasteiger partial charge in [0.15, 0.2) is 0 Å². The van der Waals surface area contributed by atoms with Gasteiger partial charge in [0.1, 0.15) is 0 Å². The van der Waals surface area contributed by atoms with E-state index in [4.69, 9.17) is 0 Å². The fraction of sp³-hybridized carbons (Fsp3) is 0.304. The quantitative estimate of drug-likeness (QED) is 0.723. The monoisotopic (exact) mass is 375 g/mol. The molecule has 0 fully saturated rings. The summed E-state index contributed by atoms with van der Waals surface area (Å²) in [4.78, 5) is 30.6. The van der Waals surface area contributed by atoms with Crippen LogP contribution in [-0.2, 0) is 4.79 Å². The molecule has 5 nitrogen and oxygen atoms in total. The van der Waals surface area contributed by atoms with Crippen molar-refractivity contribution in [3.05, 3.63) is 71.4 Å². The van der Waals surface area contributed by atoms with E-state index in [1.807, 2.05) is 74.3 Å². The van der Waals surface area contributed by atoms with E-state index in [-0.39, 0.29) is 29.8 Å². The number of H-pyrrole nitrogens is 1. The van der Waals surface area contributed by atoms with Crippen molar-refractivity contribution >= 4 is 22.7 Å². The first-order valence-corrected chi connectivity index (χ1v) is 9.62.